The van der Waals surface area contributed by atoms with Crippen molar-refractivity contribution in [1.82, 2.24) is 19.3 Å². The number of nitrogens with zero attached hydrogens (tertiary/aromatic N) is 4. The van der Waals surface area contributed by atoms with Crippen molar-refractivity contribution >= 4 is 27.8 Å². The van der Waals surface area contributed by atoms with Crippen LogP contribution in [0.3, 0.4) is 0 Å². The van der Waals surface area contributed by atoms with Crippen LogP contribution < -0.4 is 4.90 Å². The zero-order valence-electron chi connectivity index (χ0n) is 14.5. The molecule has 4 rings (SSSR count). The topological polar surface area (TPSA) is 85.4 Å². The molecule has 1 aliphatic heterocycles. The molecule has 8 heteroatoms. The van der Waals surface area contributed by atoms with Crippen LogP contribution in [0, 0.1) is 5.92 Å². The van der Waals surface area contributed by atoms with Gasteiger partial charge in [-0.1, -0.05) is 0 Å². The molecular weight excluding hydrogens is 338 g/mol. The average molecular weight is 363 g/mol. The number of fused-ring (bicyclic) bond motifs is 1. The molecule has 2 N–H and O–H groups in total. The van der Waals surface area contributed by atoms with Crippen molar-refractivity contribution in [2.24, 2.45) is 5.92 Å². The van der Waals surface area contributed by atoms with Crippen molar-refractivity contribution in [3.63, 3.8) is 0 Å². The van der Waals surface area contributed by atoms with Gasteiger partial charge in [-0.2, -0.15) is 0 Å². The Morgan fingerprint density at radius 2 is 2.08 bits per heavy atom. The van der Waals surface area contributed by atoms with Crippen LogP contribution >= 0.6 is 0 Å². The molecule has 1 saturated carbocycles. The van der Waals surface area contributed by atoms with Crippen LogP contribution in [0.5, 0.6) is 0 Å². The number of aliphatic hydroxyl groups excluding tert-OH is 1. The van der Waals surface area contributed by atoms with Crippen LogP contribution in [0.2, 0.25) is 0 Å². The zero-order valence-corrected chi connectivity index (χ0v) is 15.3. The SMILES string of the molecule is CN(c1ncnc2[nH]ccc12)C1CCC(CS(=O)N2CC(O)C2)CC1. The van der Waals surface area contributed by atoms with Crippen molar-refractivity contribution in [2.75, 3.05) is 30.8 Å². The van der Waals surface area contributed by atoms with E-state index in [1.807, 2.05) is 16.6 Å². The van der Waals surface area contributed by atoms with Crippen molar-refractivity contribution in [3.8, 4) is 0 Å². The van der Waals surface area contributed by atoms with E-state index in [4.69, 9.17) is 0 Å². The van der Waals surface area contributed by atoms with Crippen molar-refractivity contribution in [3.05, 3.63) is 18.6 Å². The Morgan fingerprint density at radius 3 is 2.80 bits per heavy atom. The van der Waals surface area contributed by atoms with Gasteiger partial charge in [-0.05, 0) is 37.7 Å². The first kappa shape index (κ1) is 16.9. The fourth-order valence-corrected chi connectivity index (χ4v) is 5.53. The summed E-state index contributed by atoms with van der Waals surface area (Å²) in [6, 6.07) is 2.49. The first-order chi connectivity index (χ1) is 12.1. The molecular formula is C17H25N5O2S. The standard InChI is InChI=1S/C17H25N5O2S/c1-21(17-15-6-7-18-16(15)19-11-20-17)13-4-2-12(3-5-13)10-25(24)22-8-14(23)9-22/h6-7,11-14,23H,2-5,8-10H2,1H3,(H,18,19,20). The van der Waals surface area contributed by atoms with Crippen molar-refractivity contribution in [2.45, 2.75) is 37.8 Å². The van der Waals surface area contributed by atoms with E-state index in [1.165, 1.54) is 0 Å². The number of aromatic amines is 1. The third-order valence-electron chi connectivity index (χ3n) is 5.53. The highest BCUT2D eigenvalue weighted by atomic mass is 32.2. The first-order valence-corrected chi connectivity index (χ1v) is 10.2. The summed E-state index contributed by atoms with van der Waals surface area (Å²) in [5, 5.41) is 10.4. The number of aliphatic hydroxyl groups is 1. The van der Waals surface area contributed by atoms with E-state index >= 15 is 0 Å². The summed E-state index contributed by atoms with van der Waals surface area (Å²) >= 11 is 0. The Bertz CT molecular complexity index is 752. The van der Waals surface area contributed by atoms with E-state index in [-0.39, 0.29) is 6.10 Å². The second kappa shape index (κ2) is 7.01. The molecule has 0 bridgehead atoms. The second-order valence-electron chi connectivity index (χ2n) is 7.21. The molecule has 1 saturated heterocycles. The number of anilines is 1. The maximum Gasteiger partial charge on any atom is 0.142 e. The minimum atomic E-state index is -0.932. The highest BCUT2D eigenvalue weighted by Crippen LogP contribution is 2.32. The molecule has 2 fully saturated rings. The summed E-state index contributed by atoms with van der Waals surface area (Å²) < 4.78 is 14.2. The smallest absolute Gasteiger partial charge is 0.142 e. The second-order valence-corrected chi connectivity index (χ2v) is 8.70. The Balaban J connectivity index is 1.34. The predicted molar refractivity (Wildman–Crippen MR) is 98.6 cm³/mol. The van der Waals surface area contributed by atoms with E-state index < -0.39 is 11.0 Å². The van der Waals surface area contributed by atoms with Gasteiger partial charge in [0.05, 0.1) is 22.5 Å². The molecule has 1 atom stereocenters. The van der Waals surface area contributed by atoms with Gasteiger partial charge >= 0.3 is 0 Å². The summed E-state index contributed by atoms with van der Waals surface area (Å²) in [6.07, 6.45) is 7.60. The minimum absolute atomic E-state index is 0.286. The zero-order chi connectivity index (χ0) is 17.4. The molecule has 7 nitrogen and oxygen atoms in total. The normalized spacial score (nSPS) is 26.5. The van der Waals surface area contributed by atoms with E-state index in [0.29, 0.717) is 25.0 Å². The Hall–Kier alpha value is -1.51. The molecule has 0 amide bonds. The van der Waals surface area contributed by atoms with Crippen LogP contribution in [0.15, 0.2) is 18.6 Å². The lowest BCUT2D eigenvalue weighted by atomic mass is 9.86. The number of hydrogen-bond donors (Lipinski definition) is 2. The van der Waals surface area contributed by atoms with Crippen LogP contribution in [0.1, 0.15) is 25.7 Å². The molecule has 2 aromatic rings. The monoisotopic (exact) mass is 363 g/mol. The number of hydrogen-bond acceptors (Lipinski definition) is 5. The van der Waals surface area contributed by atoms with Crippen LogP contribution in [0.4, 0.5) is 5.82 Å². The molecule has 3 heterocycles. The predicted octanol–water partition coefficient (Wildman–Crippen LogP) is 1.29. The molecule has 2 aromatic heterocycles. The van der Waals surface area contributed by atoms with Gasteiger partial charge < -0.3 is 15.0 Å². The van der Waals surface area contributed by atoms with Gasteiger partial charge in [-0.15, -0.1) is 0 Å². The summed E-state index contributed by atoms with van der Waals surface area (Å²) in [5.41, 5.74) is 0.873. The van der Waals surface area contributed by atoms with E-state index in [0.717, 1.165) is 48.3 Å². The molecule has 2 aliphatic rings. The molecule has 136 valence electrons. The van der Waals surface area contributed by atoms with Crippen LogP contribution in [0.25, 0.3) is 11.0 Å². The van der Waals surface area contributed by atoms with Gasteiger partial charge in [0.1, 0.15) is 17.8 Å². The molecule has 0 aromatic carbocycles. The summed E-state index contributed by atoms with van der Waals surface area (Å²) in [7, 11) is 1.18. The van der Waals surface area contributed by atoms with Crippen molar-refractivity contribution < 1.29 is 9.32 Å². The minimum Gasteiger partial charge on any atom is -0.390 e. The Labute approximate surface area is 150 Å². The highest BCUT2D eigenvalue weighted by Gasteiger charge is 2.32. The lowest BCUT2D eigenvalue weighted by Crippen LogP contribution is -2.52. The van der Waals surface area contributed by atoms with Gasteiger partial charge in [0.2, 0.25) is 0 Å². The van der Waals surface area contributed by atoms with E-state index in [2.05, 4.69) is 26.9 Å². The quantitative estimate of drug-likeness (QED) is 0.836. The van der Waals surface area contributed by atoms with Gasteiger partial charge in [-0.3, -0.25) is 0 Å². The van der Waals surface area contributed by atoms with Gasteiger partial charge in [0.25, 0.3) is 0 Å². The third kappa shape index (κ3) is 3.43. The molecule has 0 radical (unpaired) electrons. The van der Waals surface area contributed by atoms with E-state index in [1.54, 1.807) is 6.33 Å². The Kier molecular flexibility index (Phi) is 4.75. The van der Waals surface area contributed by atoms with Crippen LogP contribution in [-0.2, 0) is 11.0 Å². The van der Waals surface area contributed by atoms with Gasteiger partial charge in [0, 0.05) is 38.1 Å². The maximum absolute atomic E-state index is 12.3. The van der Waals surface area contributed by atoms with Gasteiger partial charge in [0.15, 0.2) is 0 Å². The number of H-pyrrole nitrogens is 1. The Morgan fingerprint density at radius 1 is 1.32 bits per heavy atom. The molecule has 1 unspecified atom stereocenters. The van der Waals surface area contributed by atoms with Gasteiger partial charge in [-0.25, -0.2) is 18.5 Å². The fourth-order valence-electron chi connectivity index (χ4n) is 3.90. The number of nitrogens with one attached hydrogen (secondary N) is 1. The summed E-state index contributed by atoms with van der Waals surface area (Å²) in [6.45, 7) is 1.12. The van der Waals surface area contributed by atoms with E-state index in [9.17, 15) is 9.32 Å². The fraction of sp³-hybridized carbons (Fsp3) is 0.647. The molecule has 0 spiro atoms. The average Bonchev–Trinajstić information content (AvgIpc) is 3.07. The van der Waals surface area contributed by atoms with Crippen molar-refractivity contribution in [1.29, 1.82) is 0 Å². The number of aromatic nitrogens is 3. The lowest BCUT2D eigenvalue weighted by Gasteiger charge is -2.38. The number of rotatable bonds is 5. The highest BCUT2D eigenvalue weighted by molar-refractivity contribution is 7.82. The summed E-state index contributed by atoms with van der Waals surface area (Å²) in [4.78, 5) is 14.2. The van der Waals surface area contributed by atoms with Crippen LogP contribution in [-0.4, -0.2) is 66.6 Å². The summed E-state index contributed by atoms with van der Waals surface area (Å²) in [5.74, 6) is 2.23. The molecule has 25 heavy (non-hydrogen) atoms. The maximum atomic E-state index is 12.3. The lowest BCUT2D eigenvalue weighted by molar-refractivity contribution is 0.0579. The largest absolute Gasteiger partial charge is 0.390 e. The first-order valence-electron chi connectivity index (χ1n) is 8.94. The third-order valence-corrected chi connectivity index (χ3v) is 7.16. The molecule has 1 aliphatic carbocycles. The number of β-amino-alcohol motifs (C(OH)–C–C–N with tert-alkyl or cyclic N) is 1.